The number of carbonyl (C=O) groups is 2. The van der Waals surface area contributed by atoms with Crippen LogP contribution in [0.4, 0.5) is 0 Å². The minimum absolute atomic E-state index is 0.0287. The molecule has 9 atom stereocenters. The molecule has 6 heterocycles. The number of aliphatic hydroxyl groups excluding tert-OH is 5. The summed E-state index contributed by atoms with van der Waals surface area (Å²) in [4.78, 5) is 27.0. The lowest BCUT2D eigenvalue weighted by atomic mass is 9.78. The van der Waals surface area contributed by atoms with E-state index in [-0.39, 0.29) is 56.5 Å². The van der Waals surface area contributed by atoms with E-state index in [4.69, 9.17) is 49.7 Å². The monoisotopic (exact) mass is 902 g/mol. The molecule has 20 nitrogen and oxygen atoms in total. The van der Waals surface area contributed by atoms with Crippen LogP contribution in [0.2, 0.25) is 0 Å². The first-order valence-electron chi connectivity index (χ1n) is 21.1. The number of carbonyl (C=O) groups excluding carboxylic acids is 1. The van der Waals surface area contributed by atoms with E-state index >= 15 is 0 Å². The summed E-state index contributed by atoms with van der Waals surface area (Å²) in [5.41, 5.74) is 14.4. The Balaban J connectivity index is 1.20. The first-order valence-corrected chi connectivity index (χ1v) is 21.1. The van der Waals surface area contributed by atoms with Gasteiger partial charge in [-0.3, -0.25) is 9.59 Å². The summed E-state index contributed by atoms with van der Waals surface area (Å²) < 4.78 is 45.5. The molecule has 1 saturated heterocycles. The predicted octanol–water partition coefficient (Wildman–Crippen LogP) is 0.564. The second-order valence-corrected chi connectivity index (χ2v) is 16.6. The van der Waals surface area contributed by atoms with Crippen molar-refractivity contribution in [3.05, 3.63) is 101 Å². The number of rotatable bonds is 15. The van der Waals surface area contributed by atoms with Gasteiger partial charge in [-0.2, -0.15) is 0 Å². The zero-order valence-corrected chi connectivity index (χ0v) is 34.8. The van der Waals surface area contributed by atoms with E-state index in [1.165, 1.54) is 0 Å². The Morgan fingerprint density at radius 3 is 2.52 bits per heavy atom. The van der Waals surface area contributed by atoms with Crippen molar-refractivity contribution in [2.45, 2.75) is 99.4 Å². The van der Waals surface area contributed by atoms with Gasteiger partial charge < -0.3 is 89.9 Å². The number of esters is 1. The Bertz CT molecular complexity index is 2560. The molecule has 0 spiro atoms. The number of aromatic amines is 1. The molecular formula is C45H50N4O16. The van der Waals surface area contributed by atoms with E-state index < -0.39 is 85.8 Å². The number of ether oxygens (including phenoxy) is 7. The Morgan fingerprint density at radius 2 is 1.80 bits per heavy atom. The topological polar surface area (TPSA) is 313 Å². The van der Waals surface area contributed by atoms with E-state index in [0.29, 0.717) is 40.3 Å². The van der Waals surface area contributed by atoms with Crippen molar-refractivity contribution in [3.8, 4) is 28.7 Å². The molecule has 0 amide bonds. The number of nitrogens with two attached hydrogens (primary N) is 2. The second-order valence-electron chi connectivity index (χ2n) is 16.6. The van der Waals surface area contributed by atoms with Gasteiger partial charge in [0.1, 0.15) is 55.0 Å². The van der Waals surface area contributed by atoms with Crippen LogP contribution in [0.5, 0.6) is 28.7 Å². The van der Waals surface area contributed by atoms with Gasteiger partial charge in [-0.1, -0.05) is 36.4 Å². The average molecular weight is 903 g/mol. The highest BCUT2D eigenvalue weighted by atomic mass is 16.7. The number of H-pyrrole nitrogens is 1. The van der Waals surface area contributed by atoms with Crippen LogP contribution >= 0.6 is 0 Å². The predicted molar refractivity (Wildman–Crippen MR) is 224 cm³/mol. The minimum Gasteiger partial charge on any atom is -0.489 e. The minimum atomic E-state index is -2.29. The normalized spacial score (nSPS) is 25.7. The maximum Gasteiger partial charge on any atom is 0.317 e. The number of nitrogens with zero attached hydrogens (tertiary/aromatic N) is 1. The molecule has 346 valence electrons. The van der Waals surface area contributed by atoms with Crippen molar-refractivity contribution >= 4 is 22.8 Å². The fourth-order valence-electron chi connectivity index (χ4n) is 9.73. The molecule has 1 fully saturated rings. The number of fused-ring (bicyclic) bond motifs is 8. The highest BCUT2D eigenvalue weighted by molar-refractivity contribution is 5.90. The smallest absolute Gasteiger partial charge is 0.317 e. The lowest BCUT2D eigenvalue weighted by molar-refractivity contribution is -0.329. The summed E-state index contributed by atoms with van der Waals surface area (Å²) in [5.74, 6) is -2.01. The molecule has 5 aromatic rings. The van der Waals surface area contributed by atoms with Gasteiger partial charge in [0.05, 0.1) is 36.5 Å². The van der Waals surface area contributed by atoms with Crippen LogP contribution in [0.1, 0.15) is 58.4 Å². The van der Waals surface area contributed by atoms with E-state index in [0.717, 1.165) is 22.0 Å². The van der Waals surface area contributed by atoms with Crippen molar-refractivity contribution < 1.29 is 78.5 Å². The number of nitrogens with one attached hydrogen (secondary N) is 1. The third-order valence-electron chi connectivity index (χ3n) is 12.7. The molecule has 4 aliphatic heterocycles. The number of aromatic nitrogens is 2. The molecule has 2 aromatic heterocycles. The molecule has 9 unspecified atom stereocenters. The van der Waals surface area contributed by atoms with E-state index in [2.05, 4.69) is 4.98 Å². The Hall–Kier alpha value is -5.94. The largest absolute Gasteiger partial charge is 0.489 e. The number of carboxylic acids is 1. The Labute approximate surface area is 370 Å². The van der Waals surface area contributed by atoms with Gasteiger partial charge in [-0.25, -0.2) is 0 Å². The molecule has 20 heteroatoms. The van der Waals surface area contributed by atoms with Crippen LogP contribution in [0.25, 0.3) is 10.9 Å². The quantitative estimate of drug-likeness (QED) is 0.0390. The zero-order chi connectivity index (χ0) is 45.7. The molecule has 0 saturated carbocycles. The number of aliphatic carboxylic acids is 1. The maximum absolute atomic E-state index is 12.5. The van der Waals surface area contributed by atoms with Gasteiger partial charge in [0.15, 0.2) is 30.0 Å². The van der Waals surface area contributed by atoms with Crippen LogP contribution in [-0.2, 0) is 45.1 Å². The van der Waals surface area contributed by atoms with Crippen LogP contribution in [0, 0.1) is 0 Å². The van der Waals surface area contributed by atoms with Crippen molar-refractivity contribution in [3.63, 3.8) is 0 Å². The molecule has 0 aliphatic carbocycles. The SMILES string of the molecule is NC(N)C(OC(=O)CC(=O)O)C1OC2Oc3cc4c(c(Cn5cc6cc[nH]c6c5CO)c3CCC2(O)C(O)C1O)C1Oc2c(ccc(OCO)c2OCCO)C1C(Cc1ccccc1)O4. The van der Waals surface area contributed by atoms with Gasteiger partial charge in [-0.15, -0.1) is 0 Å². The van der Waals surface area contributed by atoms with Gasteiger partial charge in [0.25, 0.3) is 0 Å². The van der Waals surface area contributed by atoms with Crippen LogP contribution < -0.4 is 35.2 Å². The van der Waals surface area contributed by atoms with Crippen molar-refractivity contribution in [2.75, 3.05) is 20.0 Å². The first-order chi connectivity index (χ1) is 31.3. The van der Waals surface area contributed by atoms with Crippen LogP contribution in [0.15, 0.2) is 67.0 Å². The van der Waals surface area contributed by atoms with E-state index in [1.54, 1.807) is 18.3 Å². The lowest BCUT2D eigenvalue weighted by Crippen LogP contribution is -2.71. The number of hydrogen-bond acceptors (Lipinski definition) is 17. The molecule has 3 aromatic carbocycles. The lowest BCUT2D eigenvalue weighted by Gasteiger charge is -2.48. The summed E-state index contributed by atoms with van der Waals surface area (Å²) in [6.45, 7) is -1.29. The Kier molecular flexibility index (Phi) is 12.1. The average Bonchev–Trinajstić information content (AvgIpc) is 3.96. The first kappa shape index (κ1) is 44.3. The van der Waals surface area contributed by atoms with Crippen molar-refractivity contribution in [2.24, 2.45) is 11.5 Å². The third-order valence-corrected chi connectivity index (χ3v) is 12.7. The summed E-state index contributed by atoms with van der Waals surface area (Å²) in [5, 5.41) is 75.7. The summed E-state index contributed by atoms with van der Waals surface area (Å²) >= 11 is 0. The number of benzene rings is 3. The molecular weight excluding hydrogens is 853 g/mol. The van der Waals surface area contributed by atoms with Crippen molar-refractivity contribution in [1.82, 2.24) is 9.55 Å². The van der Waals surface area contributed by atoms with Crippen molar-refractivity contribution in [1.29, 1.82) is 0 Å². The molecule has 9 rings (SSSR count). The van der Waals surface area contributed by atoms with Crippen LogP contribution in [0.3, 0.4) is 0 Å². The molecule has 12 N–H and O–H groups in total. The summed E-state index contributed by atoms with van der Waals surface area (Å²) in [6, 6.07) is 16.7. The second kappa shape index (κ2) is 17.8. The third kappa shape index (κ3) is 7.89. The number of carboxylic acid groups (broad SMARTS) is 1. The number of aliphatic hydroxyl groups is 6. The maximum atomic E-state index is 12.5. The molecule has 0 bridgehead atoms. The highest BCUT2D eigenvalue weighted by Crippen LogP contribution is 2.60. The van der Waals surface area contributed by atoms with Gasteiger partial charge in [-0.05, 0) is 36.1 Å². The van der Waals surface area contributed by atoms with Gasteiger partial charge in [0.2, 0.25) is 12.0 Å². The molecule has 0 radical (unpaired) electrons. The Morgan fingerprint density at radius 1 is 1.00 bits per heavy atom. The fourth-order valence-corrected chi connectivity index (χ4v) is 9.73. The van der Waals surface area contributed by atoms with Gasteiger partial charge in [0, 0.05) is 53.5 Å². The number of hydrogen-bond donors (Lipinski definition) is 10. The zero-order valence-electron chi connectivity index (χ0n) is 34.8. The highest BCUT2D eigenvalue weighted by Gasteiger charge is 2.60. The van der Waals surface area contributed by atoms with E-state index in [1.807, 2.05) is 53.2 Å². The van der Waals surface area contributed by atoms with Gasteiger partial charge >= 0.3 is 11.9 Å². The molecule has 4 aliphatic rings. The summed E-state index contributed by atoms with van der Waals surface area (Å²) in [6.07, 6.45) is -9.15. The van der Waals surface area contributed by atoms with E-state index in [9.17, 15) is 40.2 Å². The fraction of sp³-hybridized carbons (Fsp3) is 0.422. The van der Waals surface area contributed by atoms with Crippen LogP contribution in [-0.4, -0.2) is 126 Å². The standard InChI is InChI=1S/C45H50N4O16/c46-43(47)41(63-32(55)16-31(53)54)40-36(56)42(57)45(58)10-8-23-25(18-49-17-22-9-11-48-35(22)26(49)19-51)34-30(15-28(23)62-44(45)65-40)61-29(14-21-4-2-1-3-5-21)33-24-6-7-27(60-20-52)38(59-13-12-50)37(24)64-39(33)34/h1-7,9,11,15,17,29,33,36,39-44,48,50-52,56-58H,8,10,12-14,16,18-20,46-47H2,(H,53,54). The summed E-state index contributed by atoms with van der Waals surface area (Å²) in [7, 11) is 0. The molecule has 65 heavy (non-hydrogen) atoms.